The van der Waals surface area contributed by atoms with Gasteiger partial charge in [-0.05, 0) is 24.6 Å². The molecule has 82 valence electrons. The van der Waals surface area contributed by atoms with Crippen LogP contribution in [0.25, 0.3) is 0 Å². The zero-order chi connectivity index (χ0) is 11.4. The number of carbonyl (C=O) groups excluding carboxylic acids is 1. The van der Waals surface area contributed by atoms with Gasteiger partial charge in [-0.3, -0.25) is 0 Å². The Morgan fingerprint density at radius 1 is 1.33 bits per heavy atom. The summed E-state index contributed by atoms with van der Waals surface area (Å²) in [6.45, 7) is 1.85. The second kappa shape index (κ2) is 5.16. The van der Waals surface area contributed by atoms with Gasteiger partial charge in [0.1, 0.15) is 6.10 Å². The summed E-state index contributed by atoms with van der Waals surface area (Å²) in [4.78, 5) is 12.7. The smallest absolute Gasteiger partial charge is 0.409 e. The second-order valence-electron chi connectivity index (χ2n) is 3.47. The number of halogens is 1. The molecule has 0 aliphatic carbocycles. The Hall–Kier alpha value is -1.03. The van der Waals surface area contributed by atoms with Crippen molar-refractivity contribution < 1.29 is 9.53 Å². The van der Waals surface area contributed by atoms with Gasteiger partial charge in [0.2, 0.25) is 0 Å². The molecule has 4 heteroatoms. The van der Waals surface area contributed by atoms with Crippen LogP contribution in [0.5, 0.6) is 0 Å². The van der Waals surface area contributed by atoms with Crippen LogP contribution in [-0.2, 0) is 4.74 Å². The first-order valence-electron chi connectivity index (χ1n) is 4.64. The SMILES string of the molecule is CC(OC(=O)N(C)C)c1ccc(Br)cc1. The lowest BCUT2D eigenvalue weighted by molar-refractivity contribution is 0.0826. The number of benzene rings is 1. The Morgan fingerprint density at radius 2 is 1.87 bits per heavy atom. The van der Waals surface area contributed by atoms with E-state index in [0.29, 0.717) is 0 Å². The van der Waals surface area contributed by atoms with Crippen molar-refractivity contribution in [1.82, 2.24) is 4.90 Å². The van der Waals surface area contributed by atoms with E-state index >= 15 is 0 Å². The van der Waals surface area contributed by atoms with Gasteiger partial charge < -0.3 is 9.64 Å². The van der Waals surface area contributed by atoms with Crippen molar-refractivity contribution in [1.29, 1.82) is 0 Å². The molecule has 0 spiro atoms. The van der Waals surface area contributed by atoms with Gasteiger partial charge in [0.15, 0.2) is 0 Å². The van der Waals surface area contributed by atoms with Gasteiger partial charge in [0.05, 0.1) is 0 Å². The molecule has 0 saturated heterocycles. The van der Waals surface area contributed by atoms with E-state index in [9.17, 15) is 4.79 Å². The molecule has 0 N–H and O–H groups in total. The van der Waals surface area contributed by atoms with E-state index in [-0.39, 0.29) is 12.2 Å². The van der Waals surface area contributed by atoms with E-state index < -0.39 is 0 Å². The number of rotatable bonds is 2. The van der Waals surface area contributed by atoms with E-state index in [0.717, 1.165) is 10.0 Å². The first kappa shape index (κ1) is 12.0. The number of hydrogen-bond donors (Lipinski definition) is 0. The Labute approximate surface area is 98.2 Å². The highest BCUT2D eigenvalue weighted by Gasteiger charge is 2.12. The normalized spacial score (nSPS) is 12.0. The third kappa shape index (κ3) is 3.55. The lowest BCUT2D eigenvalue weighted by atomic mass is 10.1. The molecule has 0 saturated carbocycles. The molecule has 0 fully saturated rings. The van der Waals surface area contributed by atoms with E-state index in [1.807, 2.05) is 31.2 Å². The summed E-state index contributed by atoms with van der Waals surface area (Å²) in [7, 11) is 3.33. The minimum atomic E-state index is -0.328. The maximum Gasteiger partial charge on any atom is 0.409 e. The lowest BCUT2D eigenvalue weighted by Gasteiger charge is -2.17. The molecule has 0 aliphatic heterocycles. The molecule has 1 rings (SSSR count). The predicted octanol–water partition coefficient (Wildman–Crippen LogP) is 3.21. The van der Waals surface area contributed by atoms with E-state index in [2.05, 4.69) is 15.9 Å². The average molecular weight is 272 g/mol. The first-order valence-corrected chi connectivity index (χ1v) is 5.43. The summed E-state index contributed by atoms with van der Waals surface area (Å²) in [5, 5.41) is 0. The Morgan fingerprint density at radius 3 is 2.33 bits per heavy atom. The summed E-state index contributed by atoms with van der Waals surface area (Å²) < 4.78 is 6.22. The third-order valence-corrected chi connectivity index (χ3v) is 2.51. The van der Waals surface area contributed by atoms with Crippen LogP contribution in [0.2, 0.25) is 0 Å². The molecule has 1 unspecified atom stereocenters. The molecule has 1 atom stereocenters. The van der Waals surface area contributed by atoms with Crippen LogP contribution in [0.3, 0.4) is 0 Å². The standard InChI is InChI=1S/C11H14BrNO2/c1-8(15-11(14)13(2)3)9-4-6-10(12)7-5-9/h4-8H,1-3H3. The van der Waals surface area contributed by atoms with E-state index in [4.69, 9.17) is 4.74 Å². The highest BCUT2D eigenvalue weighted by atomic mass is 79.9. The van der Waals surface area contributed by atoms with Gasteiger partial charge in [0.25, 0.3) is 0 Å². The predicted molar refractivity (Wildman–Crippen MR) is 62.7 cm³/mol. The van der Waals surface area contributed by atoms with Crippen LogP contribution in [0.4, 0.5) is 4.79 Å². The summed E-state index contributed by atoms with van der Waals surface area (Å²) >= 11 is 3.35. The molecule has 3 nitrogen and oxygen atoms in total. The number of nitrogens with zero attached hydrogens (tertiary/aromatic N) is 1. The molecule has 0 heterocycles. The van der Waals surface area contributed by atoms with Crippen molar-refractivity contribution in [3.8, 4) is 0 Å². The Bertz CT molecular complexity index is 335. The van der Waals surface area contributed by atoms with Crippen LogP contribution >= 0.6 is 15.9 Å². The van der Waals surface area contributed by atoms with Gasteiger partial charge in [-0.1, -0.05) is 28.1 Å². The van der Waals surface area contributed by atoms with Crippen molar-refractivity contribution in [2.75, 3.05) is 14.1 Å². The van der Waals surface area contributed by atoms with Gasteiger partial charge in [-0.2, -0.15) is 0 Å². The lowest BCUT2D eigenvalue weighted by Crippen LogP contribution is -2.23. The minimum Gasteiger partial charge on any atom is -0.442 e. The fraction of sp³-hybridized carbons (Fsp3) is 0.364. The van der Waals surface area contributed by atoms with Crippen LogP contribution in [0.1, 0.15) is 18.6 Å². The third-order valence-electron chi connectivity index (χ3n) is 1.98. The molecular formula is C11H14BrNO2. The summed E-state index contributed by atoms with van der Waals surface area (Å²) in [6.07, 6.45) is -0.557. The van der Waals surface area contributed by atoms with Gasteiger partial charge in [-0.25, -0.2) is 4.79 Å². The number of hydrogen-bond acceptors (Lipinski definition) is 2. The van der Waals surface area contributed by atoms with Crippen molar-refractivity contribution in [3.63, 3.8) is 0 Å². The molecule has 1 amide bonds. The van der Waals surface area contributed by atoms with Crippen LogP contribution in [0.15, 0.2) is 28.7 Å². The fourth-order valence-corrected chi connectivity index (χ4v) is 1.32. The highest BCUT2D eigenvalue weighted by Crippen LogP contribution is 2.19. The number of carbonyl (C=O) groups is 1. The molecule has 0 aromatic heterocycles. The van der Waals surface area contributed by atoms with Crippen LogP contribution < -0.4 is 0 Å². The maximum atomic E-state index is 11.3. The molecule has 1 aromatic carbocycles. The second-order valence-corrected chi connectivity index (χ2v) is 4.39. The quantitative estimate of drug-likeness (QED) is 0.827. The average Bonchev–Trinajstić information content (AvgIpc) is 2.18. The summed E-state index contributed by atoms with van der Waals surface area (Å²) in [6, 6.07) is 7.71. The summed E-state index contributed by atoms with van der Waals surface area (Å²) in [5.74, 6) is 0. The Kier molecular flexibility index (Phi) is 4.15. The first-order chi connectivity index (χ1) is 7.00. The zero-order valence-electron chi connectivity index (χ0n) is 9.03. The number of ether oxygens (including phenoxy) is 1. The molecule has 0 aliphatic rings. The fourth-order valence-electron chi connectivity index (χ4n) is 1.06. The molecule has 0 radical (unpaired) electrons. The highest BCUT2D eigenvalue weighted by molar-refractivity contribution is 9.10. The van der Waals surface area contributed by atoms with Crippen molar-refractivity contribution in [2.45, 2.75) is 13.0 Å². The molecular weight excluding hydrogens is 258 g/mol. The van der Waals surface area contributed by atoms with Gasteiger partial charge in [-0.15, -0.1) is 0 Å². The molecule has 1 aromatic rings. The van der Waals surface area contributed by atoms with E-state index in [1.54, 1.807) is 14.1 Å². The van der Waals surface area contributed by atoms with Crippen LogP contribution in [0, 0.1) is 0 Å². The topological polar surface area (TPSA) is 29.5 Å². The minimum absolute atomic E-state index is 0.229. The molecule has 15 heavy (non-hydrogen) atoms. The zero-order valence-corrected chi connectivity index (χ0v) is 10.6. The summed E-state index contributed by atoms with van der Waals surface area (Å²) in [5.41, 5.74) is 0.980. The number of amides is 1. The monoisotopic (exact) mass is 271 g/mol. The van der Waals surface area contributed by atoms with Crippen molar-refractivity contribution >= 4 is 22.0 Å². The van der Waals surface area contributed by atoms with Gasteiger partial charge in [0, 0.05) is 18.6 Å². The maximum absolute atomic E-state index is 11.3. The van der Waals surface area contributed by atoms with Crippen molar-refractivity contribution in [2.24, 2.45) is 0 Å². The van der Waals surface area contributed by atoms with Crippen LogP contribution in [-0.4, -0.2) is 25.1 Å². The van der Waals surface area contributed by atoms with Crippen molar-refractivity contribution in [3.05, 3.63) is 34.3 Å². The largest absolute Gasteiger partial charge is 0.442 e. The van der Waals surface area contributed by atoms with E-state index in [1.165, 1.54) is 4.90 Å². The van der Waals surface area contributed by atoms with Gasteiger partial charge >= 0.3 is 6.09 Å². The molecule has 0 bridgehead atoms. The Balaban J connectivity index is 2.65.